The summed E-state index contributed by atoms with van der Waals surface area (Å²) in [6.45, 7) is 6.77. The summed E-state index contributed by atoms with van der Waals surface area (Å²) in [4.78, 5) is 4.34. The molecule has 0 saturated heterocycles. The van der Waals surface area contributed by atoms with Crippen molar-refractivity contribution in [3.05, 3.63) is 42.0 Å². The Morgan fingerprint density at radius 1 is 1.21 bits per heavy atom. The molecule has 0 unspecified atom stereocenters. The van der Waals surface area contributed by atoms with E-state index in [9.17, 15) is 0 Å². The number of hydrogen-bond acceptors (Lipinski definition) is 3. The molecule has 102 valence electrons. The van der Waals surface area contributed by atoms with E-state index in [2.05, 4.69) is 23.4 Å². The normalized spacial score (nSPS) is 10.8. The van der Waals surface area contributed by atoms with Crippen LogP contribution in [0.3, 0.4) is 0 Å². The Labute approximate surface area is 114 Å². The van der Waals surface area contributed by atoms with Crippen LogP contribution in [0.2, 0.25) is 0 Å². The van der Waals surface area contributed by atoms with Crippen LogP contribution in [0.5, 0.6) is 11.5 Å². The summed E-state index contributed by atoms with van der Waals surface area (Å²) in [5.74, 6) is 2.50. The van der Waals surface area contributed by atoms with E-state index in [0.717, 1.165) is 23.0 Å². The van der Waals surface area contributed by atoms with Crippen molar-refractivity contribution in [2.24, 2.45) is 0 Å². The molecule has 1 aromatic carbocycles. The van der Waals surface area contributed by atoms with E-state index in [4.69, 9.17) is 9.47 Å². The summed E-state index contributed by atoms with van der Waals surface area (Å²) in [6, 6.07) is 8.03. The molecule has 0 amide bonds. The monoisotopic (exact) mass is 260 g/mol. The molecule has 0 radical (unpaired) electrons. The van der Waals surface area contributed by atoms with Crippen molar-refractivity contribution in [2.45, 2.75) is 33.4 Å². The van der Waals surface area contributed by atoms with Crippen molar-refractivity contribution in [1.82, 2.24) is 9.55 Å². The fraction of sp³-hybridized carbons (Fsp3) is 0.400. The number of benzene rings is 1. The van der Waals surface area contributed by atoms with Gasteiger partial charge >= 0.3 is 0 Å². The lowest BCUT2D eigenvalue weighted by atomic mass is 10.3. The molecule has 0 spiro atoms. The molecule has 1 heterocycles. The molecule has 0 aliphatic carbocycles. The van der Waals surface area contributed by atoms with Gasteiger partial charge in [-0.25, -0.2) is 4.98 Å². The number of para-hydroxylation sites is 2. The second-order valence-corrected chi connectivity index (χ2v) is 4.70. The van der Waals surface area contributed by atoms with Gasteiger partial charge in [0.25, 0.3) is 0 Å². The highest BCUT2D eigenvalue weighted by atomic mass is 16.5. The highest BCUT2D eigenvalue weighted by Crippen LogP contribution is 2.27. The summed E-state index contributed by atoms with van der Waals surface area (Å²) in [6.07, 6.45) is 1.87. The fourth-order valence-corrected chi connectivity index (χ4v) is 2.20. The lowest BCUT2D eigenvalue weighted by Gasteiger charge is -2.15. The Hall–Kier alpha value is -1.97. The van der Waals surface area contributed by atoms with Gasteiger partial charge in [0.15, 0.2) is 11.5 Å². The van der Waals surface area contributed by atoms with Crippen LogP contribution in [-0.2, 0) is 6.61 Å². The Balaban J connectivity index is 2.15. The molecular formula is C15H20N2O2. The third kappa shape index (κ3) is 2.89. The van der Waals surface area contributed by atoms with Crippen molar-refractivity contribution < 1.29 is 9.47 Å². The summed E-state index contributed by atoms with van der Waals surface area (Å²) in [5, 5.41) is 0. The van der Waals surface area contributed by atoms with E-state index < -0.39 is 0 Å². The van der Waals surface area contributed by atoms with Gasteiger partial charge in [0, 0.05) is 6.04 Å². The number of ether oxygens (including phenoxy) is 2. The molecule has 0 N–H and O–H groups in total. The molecule has 0 aliphatic rings. The summed E-state index contributed by atoms with van der Waals surface area (Å²) < 4.78 is 13.3. The van der Waals surface area contributed by atoms with Gasteiger partial charge in [0.05, 0.1) is 19.0 Å². The summed E-state index contributed by atoms with van der Waals surface area (Å²) in [5.41, 5.74) is 1.07. The molecule has 0 saturated carbocycles. The maximum atomic E-state index is 5.83. The number of aromatic nitrogens is 2. The first kappa shape index (κ1) is 13.5. The minimum Gasteiger partial charge on any atom is -0.493 e. The molecule has 1 aromatic heterocycles. The highest BCUT2D eigenvalue weighted by Gasteiger charge is 2.11. The van der Waals surface area contributed by atoms with E-state index in [1.807, 2.05) is 37.4 Å². The Morgan fingerprint density at radius 2 is 1.89 bits per heavy atom. The Kier molecular flexibility index (Phi) is 4.10. The first-order chi connectivity index (χ1) is 9.13. The smallest absolute Gasteiger partial charge is 0.161 e. The number of imidazole rings is 1. The number of aryl methyl sites for hydroxylation is 1. The SMILES string of the molecule is COc1ccccc1OCc1cnc(C)n1C(C)C. The van der Waals surface area contributed by atoms with Gasteiger partial charge in [-0.1, -0.05) is 12.1 Å². The molecule has 0 fully saturated rings. The van der Waals surface area contributed by atoms with E-state index in [1.54, 1.807) is 7.11 Å². The van der Waals surface area contributed by atoms with Crippen LogP contribution in [0.15, 0.2) is 30.5 Å². The minimum atomic E-state index is 0.374. The molecule has 4 nitrogen and oxygen atoms in total. The predicted molar refractivity (Wildman–Crippen MR) is 74.7 cm³/mol. The van der Waals surface area contributed by atoms with Gasteiger partial charge in [-0.3, -0.25) is 0 Å². The molecule has 0 bridgehead atoms. The van der Waals surface area contributed by atoms with Crippen molar-refractivity contribution in [3.63, 3.8) is 0 Å². The second kappa shape index (κ2) is 5.78. The van der Waals surface area contributed by atoms with Gasteiger partial charge < -0.3 is 14.0 Å². The minimum absolute atomic E-state index is 0.374. The fourth-order valence-electron chi connectivity index (χ4n) is 2.20. The quantitative estimate of drug-likeness (QED) is 0.827. The van der Waals surface area contributed by atoms with Gasteiger partial charge in [-0.15, -0.1) is 0 Å². The van der Waals surface area contributed by atoms with E-state index >= 15 is 0 Å². The Morgan fingerprint density at radius 3 is 2.53 bits per heavy atom. The van der Waals surface area contributed by atoms with Crippen LogP contribution >= 0.6 is 0 Å². The number of nitrogens with zero attached hydrogens (tertiary/aromatic N) is 2. The van der Waals surface area contributed by atoms with E-state index in [0.29, 0.717) is 12.6 Å². The molecule has 2 aromatic rings. The molecular weight excluding hydrogens is 240 g/mol. The molecule has 19 heavy (non-hydrogen) atoms. The van der Waals surface area contributed by atoms with Gasteiger partial charge in [-0.2, -0.15) is 0 Å². The standard InChI is InChI=1S/C15H20N2O2/c1-11(2)17-12(3)16-9-13(17)10-19-15-8-6-5-7-14(15)18-4/h5-9,11H,10H2,1-4H3. The number of hydrogen-bond donors (Lipinski definition) is 0. The Bertz CT molecular complexity index is 547. The third-order valence-electron chi connectivity index (χ3n) is 3.02. The molecule has 4 heteroatoms. The van der Waals surface area contributed by atoms with Crippen LogP contribution in [-0.4, -0.2) is 16.7 Å². The zero-order valence-electron chi connectivity index (χ0n) is 11.9. The molecule has 0 atom stereocenters. The van der Waals surface area contributed by atoms with Gasteiger partial charge in [0.1, 0.15) is 12.4 Å². The maximum absolute atomic E-state index is 5.83. The van der Waals surface area contributed by atoms with Crippen LogP contribution in [0.4, 0.5) is 0 Å². The average Bonchev–Trinajstić information content (AvgIpc) is 2.78. The average molecular weight is 260 g/mol. The first-order valence-electron chi connectivity index (χ1n) is 6.42. The van der Waals surface area contributed by atoms with Crippen LogP contribution in [0.1, 0.15) is 31.4 Å². The van der Waals surface area contributed by atoms with Crippen molar-refractivity contribution >= 4 is 0 Å². The largest absolute Gasteiger partial charge is 0.493 e. The number of rotatable bonds is 5. The van der Waals surface area contributed by atoms with E-state index in [1.165, 1.54) is 0 Å². The third-order valence-corrected chi connectivity index (χ3v) is 3.02. The lowest BCUT2D eigenvalue weighted by molar-refractivity contribution is 0.273. The van der Waals surface area contributed by atoms with Crippen LogP contribution in [0.25, 0.3) is 0 Å². The highest BCUT2D eigenvalue weighted by molar-refractivity contribution is 5.39. The molecule has 2 rings (SSSR count). The first-order valence-corrected chi connectivity index (χ1v) is 6.42. The molecule has 0 aliphatic heterocycles. The zero-order valence-corrected chi connectivity index (χ0v) is 11.9. The van der Waals surface area contributed by atoms with Crippen molar-refractivity contribution in [3.8, 4) is 11.5 Å². The second-order valence-electron chi connectivity index (χ2n) is 4.70. The van der Waals surface area contributed by atoms with E-state index in [-0.39, 0.29) is 0 Å². The number of methoxy groups -OCH3 is 1. The summed E-state index contributed by atoms with van der Waals surface area (Å²) in [7, 11) is 1.64. The van der Waals surface area contributed by atoms with Crippen molar-refractivity contribution in [1.29, 1.82) is 0 Å². The maximum Gasteiger partial charge on any atom is 0.161 e. The van der Waals surface area contributed by atoms with Crippen LogP contribution < -0.4 is 9.47 Å². The zero-order chi connectivity index (χ0) is 13.8. The van der Waals surface area contributed by atoms with Crippen LogP contribution in [0, 0.1) is 6.92 Å². The predicted octanol–water partition coefficient (Wildman–Crippen LogP) is 3.36. The lowest BCUT2D eigenvalue weighted by Crippen LogP contribution is -2.10. The topological polar surface area (TPSA) is 36.3 Å². The van der Waals surface area contributed by atoms with Gasteiger partial charge in [0.2, 0.25) is 0 Å². The van der Waals surface area contributed by atoms with Crippen molar-refractivity contribution in [2.75, 3.05) is 7.11 Å². The summed E-state index contributed by atoms with van der Waals surface area (Å²) >= 11 is 0. The van der Waals surface area contributed by atoms with Gasteiger partial charge in [-0.05, 0) is 32.9 Å².